The summed E-state index contributed by atoms with van der Waals surface area (Å²) in [7, 11) is 1.59. The molecule has 120 valence electrons. The van der Waals surface area contributed by atoms with E-state index in [0.29, 0.717) is 24.1 Å². The van der Waals surface area contributed by atoms with Crippen molar-refractivity contribution in [2.75, 3.05) is 26.8 Å². The number of carbonyl (C=O) groups is 1. The lowest BCUT2D eigenvalue weighted by Gasteiger charge is -2.14. The summed E-state index contributed by atoms with van der Waals surface area (Å²) in [6.45, 7) is 5.39. The number of carbonyl (C=O) groups excluding carboxylic acids is 1. The average molecular weight is 304 g/mol. The van der Waals surface area contributed by atoms with Crippen molar-refractivity contribution in [3.8, 4) is 11.5 Å². The van der Waals surface area contributed by atoms with Gasteiger partial charge < -0.3 is 20.1 Å². The highest BCUT2D eigenvalue weighted by molar-refractivity contribution is 5.77. The highest BCUT2D eigenvalue weighted by Gasteiger charge is 2.15. The van der Waals surface area contributed by atoms with Crippen LogP contribution in [0.25, 0.3) is 0 Å². The first-order chi connectivity index (χ1) is 10.7. The Labute approximate surface area is 131 Å². The minimum absolute atomic E-state index is 0.0100. The van der Waals surface area contributed by atoms with Crippen LogP contribution < -0.4 is 20.1 Å². The number of rotatable bonds is 8. The molecule has 1 heterocycles. The molecule has 1 amide bonds. The molecule has 1 aromatic carbocycles. The molecular formula is C17H24N2O3. The van der Waals surface area contributed by atoms with Gasteiger partial charge in [-0.1, -0.05) is 12.1 Å². The molecule has 1 fully saturated rings. The van der Waals surface area contributed by atoms with Gasteiger partial charge in [-0.3, -0.25) is 4.79 Å². The zero-order chi connectivity index (χ0) is 15.8. The van der Waals surface area contributed by atoms with Crippen LogP contribution in [0.2, 0.25) is 0 Å². The second-order valence-corrected chi connectivity index (χ2v) is 5.36. The molecule has 1 unspecified atom stereocenters. The molecule has 1 aromatic rings. The van der Waals surface area contributed by atoms with Crippen LogP contribution in [0.4, 0.5) is 0 Å². The smallest absolute Gasteiger partial charge is 0.257 e. The van der Waals surface area contributed by atoms with E-state index in [-0.39, 0.29) is 12.5 Å². The fourth-order valence-electron chi connectivity index (χ4n) is 2.49. The summed E-state index contributed by atoms with van der Waals surface area (Å²) in [6, 6.07) is 6.05. The average Bonchev–Trinajstić information content (AvgIpc) is 3.05. The third kappa shape index (κ3) is 4.77. The van der Waals surface area contributed by atoms with Crippen molar-refractivity contribution in [1.82, 2.24) is 10.6 Å². The summed E-state index contributed by atoms with van der Waals surface area (Å²) in [6.07, 6.45) is 4.89. The summed E-state index contributed by atoms with van der Waals surface area (Å²) in [4.78, 5) is 11.8. The molecule has 0 aliphatic carbocycles. The molecule has 5 nitrogen and oxygen atoms in total. The van der Waals surface area contributed by atoms with Crippen LogP contribution in [0.15, 0.2) is 30.9 Å². The summed E-state index contributed by atoms with van der Waals surface area (Å²) < 4.78 is 10.9. The summed E-state index contributed by atoms with van der Waals surface area (Å²) in [5.41, 5.74) is 1.09. The summed E-state index contributed by atoms with van der Waals surface area (Å²) in [5, 5.41) is 6.22. The Balaban J connectivity index is 1.81. The maximum Gasteiger partial charge on any atom is 0.257 e. The maximum atomic E-state index is 11.8. The minimum atomic E-state index is -0.120. The van der Waals surface area contributed by atoms with Crippen molar-refractivity contribution in [3.05, 3.63) is 36.4 Å². The SMILES string of the molecule is C=CCc1ccc(OCC(=O)NCC2CCCN2)c(OC)c1. The lowest BCUT2D eigenvalue weighted by Crippen LogP contribution is -2.39. The number of amides is 1. The van der Waals surface area contributed by atoms with E-state index in [1.807, 2.05) is 24.3 Å². The van der Waals surface area contributed by atoms with E-state index in [1.165, 1.54) is 6.42 Å². The Bertz CT molecular complexity index is 511. The van der Waals surface area contributed by atoms with E-state index in [1.54, 1.807) is 7.11 Å². The van der Waals surface area contributed by atoms with E-state index in [4.69, 9.17) is 9.47 Å². The predicted octanol–water partition coefficient (Wildman–Crippen LogP) is 1.67. The Morgan fingerprint density at radius 3 is 3.05 bits per heavy atom. The Morgan fingerprint density at radius 1 is 1.50 bits per heavy atom. The van der Waals surface area contributed by atoms with Gasteiger partial charge in [-0.25, -0.2) is 0 Å². The number of hydrogen-bond donors (Lipinski definition) is 2. The van der Waals surface area contributed by atoms with E-state index in [9.17, 15) is 4.79 Å². The number of methoxy groups -OCH3 is 1. The quantitative estimate of drug-likeness (QED) is 0.717. The Kier molecular flexibility index (Phi) is 6.27. The van der Waals surface area contributed by atoms with Gasteiger partial charge in [0.15, 0.2) is 18.1 Å². The number of allylic oxidation sites excluding steroid dienone is 1. The van der Waals surface area contributed by atoms with E-state index in [2.05, 4.69) is 17.2 Å². The number of ether oxygens (including phenoxy) is 2. The van der Waals surface area contributed by atoms with Crippen LogP contribution in [0.3, 0.4) is 0 Å². The van der Waals surface area contributed by atoms with Gasteiger partial charge in [0.2, 0.25) is 0 Å². The zero-order valence-corrected chi connectivity index (χ0v) is 13.1. The van der Waals surface area contributed by atoms with Gasteiger partial charge in [-0.05, 0) is 43.5 Å². The number of hydrogen-bond acceptors (Lipinski definition) is 4. The van der Waals surface area contributed by atoms with Crippen molar-refractivity contribution >= 4 is 5.91 Å². The molecule has 1 atom stereocenters. The normalized spacial score (nSPS) is 17.0. The molecule has 1 aliphatic heterocycles. The summed E-state index contributed by atoms with van der Waals surface area (Å²) in [5.74, 6) is 1.08. The standard InChI is InChI=1S/C17H24N2O3/c1-3-5-13-7-8-15(16(10-13)21-2)22-12-17(20)19-11-14-6-4-9-18-14/h3,7-8,10,14,18H,1,4-6,9,11-12H2,2H3,(H,19,20). The zero-order valence-electron chi connectivity index (χ0n) is 13.1. The van der Waals surface area contributed by atoms with Gasteiger partial charge in [-0.15, -0.1) is 6.58 Å². The van der Waals surface area contributed by atoms with Crippen molar-refractivity contribution in [2.24, 2.45) is 0 Å². The largest absolute Gasteiger partial charge is 0.493 e. The molecule has 1 saturated heterocycles. The molecule has 2 rings (SSSR count). The van der Waals surface area contributed by atoms with Gasteiger partial charge in [0, 0.05) is 12.6 Å². The molecule has 5 heteroatoms. The minimum Gasteiger partial charge on any atom is -0.493 e. The second kappa shape index (κ2) is 8.44. The fourth-order valence-corrected chi connectivity index (χ4v) is 2.49. The summed E-state index contributed by atoms with van der Waals surface area (Å²) >= 11 is 0. The van der Waals surface area contributed by atoms with Crippen LogP contribution >= 0.6 is 0 Å². The highest BCUT2D eigenvalue weighted by atomic mass is 16.5. The monoisotopic (exact) mass is 304 g/mol. The van der Waals surface area contributed by atoms with E-state index in [0.717, 1.165) is 24.9 Å². The predicted molar refractivity (Wildman–Crippen MR) is 86.4 cm³/mol. The molecule has 0 spiro atoms. The number of nitrogens with one attached hydrogen (secondary N) is 2. The van der Waals surface area contributed by atoms with Crippen LogP contribution in [0.5, 0.6) is 11.5 Å². The van der Waals surface area contributed by atoms with E-state index < -0.39 is 0 Å². The van der Waals surface area contributed by atoms with Crippen LogP contribution in [0, 0.1) is 0 Å². The first-order valence-corrected chi connectivity index (χ1v) is 7.63. The second-order valence-electron chi connectivity index (χ2n) is 5.36. The van der Waals surface area contributed by atoms with Gasteiger partial charge in [-0.2, -0.15) is 0 Å². The molecule has 2 N–H and O–H groups in total. The molecule has 0 aromatic heterocycles. The number of benzene rings is 1. The first kappa shape index (κ1) is 16.4. The highest BCUT2D eigenvalue weighted by Crippen LogP contribution is 2.28. The molecule has 1 aliphatic rings. The lowest BCUT2D eigenvalue weighted by molar-refractivity contribution is -0.123. The molecule has 22 heavy (non-hydrogen) atoms. The Morgan fingerprint density at radius 2 is 2.36 bits per heavy atom. The molecule has 0 radical (unpaired) electrons. The van der Waals surface area contributed by atoms with Crippen LogP contribution in [0.1, 0.15) is 18.4 Å². The third-order valence-corrected chi connectivity index (χ3v) is 3.67. The first-order valence-electron chi connectivity index (χ1n) is 7.63. The van der Waals surface area contributed by atoms with E-state index >= 15 is 0 Å². The van der Waals surface area contributed by atoms with Gasteiger partial charge in [0.25, 0.3) is 5.91 Å². The maximum absolute atomic E-state index is 11.8. The van der Waals surface area contributed by atoms with Gasteiger partial charge in [0.05, 0.1) is 7.11 Å². The lowest BCUT2D eigenvalue weighted by atomic mass is 10.1. The Hall–Kier alpha value is -2.01. The topological polar surface area (TPSA) is 59.6 Å². The van der Waals surface area contributed by atoms with Crippen molar-refractivity contribution in [1.29, 1.82) is 0 Å². The van der Waals surface area contributed by atoms with Gasteiger partial charge >= 0.3 is 0 Å². The molecular weight excluding hydrogens is 280 g/mol. The van der Waals surface area contributed by atoms with Crippen LogP contribution in [-0.2, 0) is 11.2 Å². The third-order valence-electron chi connectivity index (χ3n) is 3.67. The van der Waals surface area contributed by atoms with Crippen molar-refractivity contribution in [2.45, 2.75) is 25.3 Å². The molecule has 0 bridgehead atoms. The molecule has 0 saturated carbocycles. The van der Waals surface area contributed by atoms with Crippen molar-refractivity contribution < 1.29 is 14.3 Å². The van der Waals surface area contributed by atoms with Crippen molar-refractivity contribution in [3.63, 3.8) is 0 Å². The van der Waals surface area contributed by atoms with Crippen LogP contribution in [-0.4, -0.2) is 38.8 Å². The fraction of sp³-hybridized carbons (Fsp3) is 0.471. The van der Waals surface area contributed by atoms with Gasteiger partial charge in [0.1, 0.15) is 0 Å².